The Morgan fingerprint density at radius 1 is 0.685 bits per heavy atom. The van der Waals surface area contributed by atoms with Crippen molar-refractivity contribution in [2.24, 2.45) is 0 Å². The molecule has 4 heterocycles. The van der Waals surface area contributed by atoms with Crippen LogP contribution in [0.25, 0.3) is 70.1 Å². The first-order chi connectivity index (χ1) is 26.4. The lowest BCUT2D eigenvalue weighted by Gasteiger charge is -2.33. The summed E-state index contributed by atoms with van der Waals surface area (Å²) in [6, 6.07) is 48.8. The van der Waals surface area contributed by atoms with E-state index in [1.807, 2.05) is 11.3 Å². The molecule has 9 aromatic rings. The van der Waals surface area contributed by atoms with Crippen LogP contribution >= 0.6 is 11.3 Å². The fraction of sp³-hybridized carbons (Fsp3) is 0.0612. The van der Waals surface area contributed by atoms with Crippen LogP contribution in [0.5, 0.6) is 0 Å². The molecule has 2 aliphatic rings. The van der Waals surface area contributed by atoms with Crippen LogP contribution in [0.3, 0.4) is 0 Å². The SMILES string of the molecule is C=C1C=C(c2ccccc2)N(C)c2cc3c(cc21)[B]c1c(-c2c(Nc4ccc(C)cc4)ccc4sc5ccccc5c24)cc(C)c2c4ccccc4n-3c12. The molecule has 0 spiro atoms. The highest BCUT2D eigenvalue weighted by molar-refractivity contribution is 7.26. The monoisotopic (exact) mass is 708 g/mol. The van der Waals surface area contributed by atoms with Crippen molar-refractivity contribution >= 4 is 99.9 Å². The lowest BCUT2D eigenvalue weighted by atomic mass is 9.58. The maximum atomic E-state index is 4.60. The van der Waals surface area contributed by atoms with E-state index in [0.717, 1.165) is 33.9 Å². The Morgan fingerprint density at radius 2 is 1.44 bits per heavy atom. The molecule has 0 saturated carbocycles. The molecular formula is C49H35BN3S. The number of thiophene rings is 1. The first-order valence-corrected chi connectivity index (χ1v) is 19.3. The van der Waals surface area contributed by atoms with Gasteiger partial charge in [-0.05, 0) is 90.1 Å². The number of hydrogen-bond donors (Lipinski definition) is 1. The van der Waals surface area contributed by atoms with Gasteiger partial charge in [-0.2, -0.15) is 0 Å². The Labute approximate surface area is 319 Å². The zero-order valence-corrected chi connectivity index (χ0v) is 31.2. The Hall–Kier alpha value is -6.30. The summed E-state index contributed by atoms with van der Waals surface area (Å²) < 4.78 is 5.12. The number of benzene rings is 7. The van der Waals surface area contributed by atoms with Crippen LogP contribution in [0.2, 0.25) is 0 Å². The third-order valence-electron chi connectivity index (χ3n) is 11.5. The minimum atomic E-state index is 1.02. The first kappa shape index (κ1) is 31.3. The number of fused-ring (bicyclic) bond motifs is 9. The van der Waals surface area contributed by atoms with Gasteiger partial charge in [-0.15, -0.1) is 11.3 Å². The van der Waals surface area contributed by atoms with Gasteiger partial charge in [0.1, 0.15) is 0 Å². The molecule has 0 amide bonds. The van der Waals surface area contributed by atoms with Crippen LogP contribution in [0.4, 0.5) is 17.1 Å². The number of rotatable bonds is 4. The molecule has 0 aliphatic carbocycles. The fourth-order valence-corrected chi connectivity index (χ4v) is 10.0. The maximum absolute atomic E-state index is 4.60. The number of allylic oxidation sites excluding steroid dienone is 2. The molecule has 0 atom stereocenters. The standard InChI is InChI=1S/C49H35BN3S/c1-28-18-20-32(21-19-28)51-38-22-23-44-47(34-15-9-11-17-43(34)54-44)46(38)36-24-30(3)45-33-14-8-10-16-39(33)53-42-27-41-35(26-37(42)50-48(36)49(45)53)29(2)25-40(52(41)4)31-12-6-5-7-13-31/h5-27,51H,2H2,1,3-4H3. The predicted molar refractivity (Wildman–Crippen MR) is 235 cm³/mol. The first-order valence-electron chi connectivity index (χ1n) is 18.5. The molecule has 5 heteroatoms. The van der Waals surface area contributed by atoms with Gasteiger partial charge in [0, 0.05) is 77.4 Å². The highest BCUT2D eigenvalue weighted by Crippen LogP contribution is 2.47. The number of nitrogens with zero attached hydrogens (tertiary/aromatic N) is 2. The molecule has 1 radical (unpaired) electrons. The Morgan fingerprint density at radius 3 is 2.28 bits per heavy atom. The van der Waals surface area contributed by atoms with Crippen molar-refractivity contribution in [2.75, 3.05) is 17.3 Å². The van der Waals surface area contributed by atoms with Crippen LogP contribution in [-0.4, -0.2) is 18.9 Å². The summed E-state index contributed by atoms with van der Waals surface area (Å²) in [6.07, 6.45) is 2.23. The number of anilines is 3. The number of hydrogen-bond acceptors (Lipinski definition) is 3. The largest absolute Gasteiger partial charge is 0.355 e. The molecule has 255 valence electrons. The molecule has 54 heavy (non-hydrogen) atoms. The molecule has 0 saturated heterocycles. The average molecular weight is 709 g/mol. The second kappa shape index (κ2) is 11.6. The third-order valence-corrected chi connectivity index (χ3v) is 12.6. The van der Waals surface area contributed by atoms with Gasteiger partial charge in [-0.1, -0.05) is 109 Å². The van der Waals surface area contributed by atoms with E-state index in [9.17, 15) is 0 Å². The summed E-state index contributed by atoms with van der Waals surface area (Å²) in [5, 5.41) is 9.04. The predicted octanol–water partition coefficient (Wildman–Crippen LogP) is 11.7. The van der Waals surface area contributed by atoms with E-state index in [1.54, 1.807) is 0 Å². The van der Waals surface area contributed by atoms with E-state index < -0.39 is 0 Å². The molecule has 0 bridgehead atoms. The molecule has 0 fully saturated rings. The van der Waals surface area contributed by atoms with Crippen molar-refractivity contribution in [1.82, 2.24) is 4.57 Å². The summed E-state index contributed by atoms with van der Waals surface area (Å²) in [4.78, 5) is 2.32. The normalized spacial score (nSPS) is 13.4. The van der Waals surface area contributed by atoms with Crippen LogP contribution in [0.1, 0.15) is 22.3 Å². The molecule has 2 aromatic heterocycles. The highest BCUT2D eigenvalue weighted by atomic mass is 32.1. The van der Waals surface area contributed by atoms with Crippen LogP contribution in [0, 0.1) is 13.8 Å². The van der Waals surface area contributed by atoms with Gasteiger partial charge >= 0.3 is 0 Å². The van der Waals surface area contributed by atoms with Crippen molar-refractivity contribution in [3.8, 4) is 16.8 Å². The average Bonchev–Trinajstić information content (AvgIpc) is 3.76. The number of aromatic nitrogens is 1. The second-order valence-electron chi connectivity index (χ2n) is 14.7. The molecule has 2 aliphatic heterocycles. The maximum Gasteiger partial charge on any atom is 0.197 e. The van der Waals surface area contributed by atoms with Crippen LogP contribution < -0.4 is 21.1 Å². The molecule has 1 N–H and O–H groups in total. The van der Waals surface area contributed by atoms with Crippen molar-refractivity contribution in [3.63, 3.8) is 0 Å². The van der Waals surface area contributed by atoms with E-state index in [0.29, 0.717) is 0 Å². The smallest absolute Gasteiger partial charge is 0.197 e. The van der Waals surface area contributed by atoms with E-state index in [-0.39, 0.29) is 0 Å². The molecule has 0 unspecified atom stereocenters. The summed E-state index contributed by atoms with van der Waals surface area (Å²) in [7, 11) is 4.62. The number of nitrogens with one attached hydrogen (secondary N) is 1. The van der Waals surface area contributed by atoms with Crippen LogP contribution in [0.15, 0.2) is 146 Å². The Bertz CT molecular complexity index is 3090. The summed E-state index contributed by atoms with van der Waals surface area (Å²) >= 11 is 1.87. The van der Waals surface area contributed by atoms with Gasteiger partial charge in [0.2, 0.25) is 0 Å². The minimum absolute atomic E-state index is 1.02. The zero-order valence-electron chi connectivity index (χ0n) is 30.4. The van der Waals surface area contributed by atoms with Crippen molar-refractivity contribution in [1.29, 1.82) is 0 Å². The van der Waals surface area contributed by atoms with Crippen molar-refractivity contribution in [2.45, 2.75) is 13.8 Å². The topological polar surface area (TPSA) is 20.2 Å². The highest BCUT2D eigenvalue weighted by Gasteiger charge is 2.31. The van der Waals surface area contributed by atoms with E-state index in [1.165, 1.54) is 86.4 Å². The van der Waals surface area contributed by atoms with E-state index in [2.05, 4.69) is 189 Å². The van der Waals surface area contributed by atoms with E-state index in [4.69, 9.17) is 0 Å². The molecular weight excluding hydrogens is 673 g/mol. The van der Waals surface area contributed by atoms with Gasteiger partial charge in [0.05, 0.1) is 11.2 Å². The minimum Gasteiger partial charge on any atom is -0.355 e. The van der Waals surface area contributed by atoms with E-state index >= 15 is 0 Å². The molecule has 7 aromatic carbocycles. The number of para-hydroxylation sites is 1. The van der Waals surface area contributed by atoms with Crippen molar-refractivity contribution < 1.29 is 0 Å². The lowest BCUT2D eigenvalue weighted by Crippen LogP contribution is -2.38. The summed E-state index contributed by atoms with van der Waals surface area (Å²) in [6.45, 7) is 9.02. The molecule has 3 nitrogen and oxygen atoms in total. The zero-order chi connectivity index (χ0) is 36.2. The van der Waals surface area contributed by atoms with Gasteiger partial charge in [0.25, 0.3) is 0 Å². The lowest BCUT2D eigenvalue weighted by molar-refractivity contribution is 1.15. The van der Waals surface area contributed by atoms with Crippen LogP contribution in [-0.2, 0) is 0 Å². The van der Waals surface area contributed by atoms with Gasteiger partial charge in [-0.25, -0.2) is 0 Å². The number of aryl methyl sites for hydroxylation is 2. The third kappa shape index (κ3) is 4.49. The van der Waals surface area contributed by atoms with Gasteiger partial charge in [0.15, 0.2) is 7.28 Å². The molecule has 11 rings (SSSR count). The summed E-state index contributed by atoms with van der Waals surface area (Å²) in [5.74, 6) is 0. The Balaban J connectivity index is 1.21. The quantitative estimate of drug-likeness (QED) is 0.184. The van der Waals surface area contributed by atoms with Gasteiger partial charge in [-0.3, -0.25) is 0 Å². The second-order valence-corrected chi connectivity index (χ2v) is 15.8. The van der Waals surface area contributed by atoms with Gasteiger partial charge < -0.3 is 14.8 Å². The Kier molecular flexibility index (Phi) is 6.71. The van der Waals surface area contributed by atoms with Crippen molar-refractivity contribution in [3.05, 3.63) is 168 Å². The summed E-state index contributed by atoms with van der Waals surface area (Å²) in [5.41, 5.74) is 18.9. The fourth-order valence-electron chi connectivity index (χ4n) is 8.93.